The molecule has 134 valence electrons. The molecule has 0 unspecified atom stereocenters. The Hall–Kier alpha value is -3.14. The molecule has 27 heavy (non-hydrogen) atoms. The first-order valence-electron chi connectivity index (χ1n) is 8.38. The molecule has 4 rings (SSSR count). The predicted octanol–water partition coefficient (Wildman–Crippen LogP) is 7.04. The van der Waals surface area contributed by atoms with Crippen LogP contribution in [0.4, 0.5) is 17.6 Å². The average molecular weight is 366 g/mol. The van der Waals surface area contributed by atoms with Gasteiger partial charge >= 0.3 is 0 Å². The van der Waals surface area contributed by atoms with Crippen molar-refractivity contribution >= 4 is 10.8 Å². The number of fused-ring (bicyclic) bond motifs is 1. The number of aryl methyl sites for hydroxylation is 1. The van der Waals surface area contributed by atoms with Crippen LogP contribution in [0.1, 0.15) is 5.56 Å². The molecule has 4 aromatic rings. The lowest BCUT2D eigenvalue weighted by molar-refractivity contribution is 0.448. The lowest BCUT2D eigenvalue weighted by Crippen LogP contribution is -1.92. The van der Waals surface area contributed by atoms with Crippen molar-refractivity contribution < 1.29 is 17.6 Å². The van der Waals surface area contributed by atoms with Gasteiger partial charge in [-0.25, -0.2) is 17.6 Å². The fourth-order valence-electron chi connectivity index (χ4n) is 3.20. The van der Waals surface area contributed by atoms with Crippen LogP contribution < -0.4 is 0 Å². The molecular weight excluding hydrogens is 352 g/mol. The van der Waals surface area contributed by atoms with Gasteiger partial charge in [-0.3, -0.25) is 0 Å². The number of hydrogen-bond donors (Lipinski definition) is 0. The maximum atomic E-state index is 14.9. The van der Waals surface area contributed by atoms with Gasteiger partial charge in [-0.1, -0.05) is 60.2 Å². The highest BCUT2D eigenvalue weighted by molar-refractivity contribution is 5.89. The van der Waals surface area contributed by atoms with Crippen LogP contribution in [0.15, 0.2) is 66.7 Å². The van der Waals surface area contributed by atoms with Crippen LogP contribution >= 0.6 is 0 Å². The molecule has 0 radical (unpaired) electrons. The van der Waals surface area contributed by atoms with E-state index in [1.54, 1.807) is 36.4 Å². The molecule has 0 aliphatic heterocycles. The van der Waals surface area contributed by atoms with Gasteiger partial charge in [0.1, 0.15) is 5.82 Å². The molecule has 0 saturated heterocycles. The van der Waals surface area contributed by atoms with Gasteiger partial charge < -0.3 is 0 Å². The Bertz CT molecular complexity index is 1140. The van der Waals surface area contributed by atoms with Crippen LogP contribution in [-0.2, 0) is 0 Å². The van der Waals surface area contributed by atoms with E-state index in [1.165, 1.54) is 0 Å². The van der Waals surface area contributed by atoms with Crippen molar-refractivity contribution in [1.29, 1.82) is 0 Å². The summed E-state index contributed by atoms with van der Waals surface area (Å²) in [6.07, 6.45) is 0. The van der Waals surface area contributed by atoms with E-state index in [0.717, 1.165) is 23.1 Å². The van der Waals surface area contributed by atoms with E-state index >= 15 is 0 Å². The first-order valence-corrected chi connectivity index (χ1v) is 8.38. The van der Waals surface area contributed by atoms with E-state index < -0.39 is 17.5 Å². The van der Waals surface area contributed by atoms with Gasteiger partial charge in [0.05, 0.1) is 0 Å². The third-order valence-corrected chi connectivity index (χ3v) is 4.62. The topological polar surface area (TPSA) is 0 Å². The second-order valence-electron chi connectivity index (χ2n) is 6.48. The Kier molecular flexibility index (Phi) is 4.19. The van der Waals surface area contributed by atoms with Crippen LogP contribution in [0.3, 0.4) is 0 Å². The molecule has 0 atom stereocenters. The molecule has 0 fully saturated rings. The van der Waals surface area contributed by atoms with Crippen LogP contribution in [0, 0.1) is 30.2 Å². The van der Waals surface area contributed by atoms with Gasteiger partial charge in [-0.2, -0.15) is 0 Å². The lowest BCUT2D eigenvalue weighted by atomic mass is 9.97. The third-order valence-electron chi connectivity index (χ3n) is 4.62. The van der Waals surface area contributed by atoms with Gasteiger partial charge in [-0.05, 0) is 41.1 Å². The first kappa shape index (κ1) is 17.3. The molecule has 0 N–H and O–H groups in total. The van der Waals surface area contributed by atoms with Crippen molar-refractivity contribution in [3.8, 4) is 22.3 Å². The zero-order valence-electron chi connectivity index (χ0n) is 14.4. The minimum atomic E-state index is -1.50. The van der Waals surface area contributed by atoms with Crippen molar-refractivity contribution in [2.45, 2.75) is 6.92 Å². The highest BCUT2D eigenvalue weighted by atomic mass is 19.2. The van der Waals surface area contributed by atoms with E-state index in [2.05, 4.69) is 0 Å². The molecule has 0 nitrogen and oxygen atoms in total. The Balaban J connectivity index is 1.76. The Morgan fingerprint density at radius 3 is 1.85 bits per heavy atom. The number of benzene rings is 4. The molecule has 0 bridgehead atoms. The van der Waals surface area contributed by atoms with Crippen molar-refractivity contribution in [2.24, 2.45) is 0 Å². The molecule has 0 aliphatic carbocycles. The van der Waals surface area contributed by atoms with Gasteiger partial charge in [0.2, 0.25) is 0 Å². The summed E-state index contributed by atoms with van der Waals surface area (Å²) in [5.74, 6) is -4.31. The molecule has 0 spiro atoms. The summed E-state index contributed by atoms with van der Waals surface area (Å²) < 4.78 is 54.9. The fraction of sp³-hybridized carbons (Fsp3) is 0.0435. The zero-order valence-corrected chi connectivity index (χ0v) is 14.4. The number of rotatable bonds is 2. The molecular formula is C23H14F4. The van der Waals surface area contributed by atoms with Gasteiger partial charge in [-0.15, -0.1) is 0 Å². The molecule has 0 saturated carbocycles. The summed E-state index contributed by atoms with van der Waals surface area (Å²) in [4.78, 5) is 0. The quantitative estimate of drug-likeness (QED) is 0.264. The van der Waals surface area contributed by atoms with Crippen molar-refractivity contribution in [3.05, 3.63) is 95.6 Å². The van der Waals surface area contributed by atoms with E-state index in [1.807, 2.05) is 25.1 Å². The minimum absolute atomic E-state index is 0.215. The number of hydrogen-bond acceptors (Lipinski definition) is 0. The first-order chi connectivity index (χ1) is 12.9. The van der Waals surface area contributed by atoms with Crippen LogP contribution in [0.2, 0.25) is 0 Å². The fourth-order valence-corrected chi connectivity index (χ4v) is 3.20. The maximum Gasteiger partial charge on any atom is 0.194 e. The second kappa shape index (κ2) is 6.54. The molecule has 4 heteroatoms. The monoisotopic (exact) mass is 366 g/mol. The Morgan fingerprint density at radius 2 is 1.19 bits per heavy atom. The van der Waals surface area contributed by atoms with Crippen LogP contribution in [-0.4, -0.2) is 0 Å². The van der Waals surface area contributed by atoms with E-state index in [-0.39, 0.29) is 11.4 Å². The molecule has 4 aromatic carbocycles. The minimum Gasteiger partial charge on any atom is -0.206 e. The number of halogens is 4. The van der Waals surface area contributed by atoms with E-state index in [0.29, 0.717) is 22.1 Å². The third kappa shape index (κ3) is 3.08. The normalized spacial score (nSPS) is 11.1. The Labute approximate surface area is 153 Å². The van der Waals surface area contributed by atoms with Crippen molar-refractivity contribution in [3.63, 3.8) is 0 Å². The summed E-state index contributed by atoms with van der Waals surface area (Å²) >= 11 is 0. The smallest absolute Gasteiger partial charge is 0.194 e. The lowest BCUT2D eigenvalue weighted by Gasteiger charge is -2.09. The summed E-state index contributed by atoms with van der Waals surface area (Å²) in [5.41, 5.74) is 2.86. The predicted molar refractivity (Wildman–Crippen MR) is 99.4 cm³/mol. The van der Waals surface area contributed by atoms with E-state index in [9.17, 15) is 17.6 Å². The maximum absolute atomic E-state index is 14.9. The van der Waals surface area contributed by atoms with Crippen LogP contribution in [0.5, 0.6) is 0 Å². The van der Waals surface area contributed by atoms with Gasteiger partial charge in [0.25, 0.3) is 0 Å². The Morgan fingerprint density at radius 1 is 0.556 bits per heavy atom. The van der Waals surface area contributed by atoms with Crippen LogP contribution in [0.25, 0.3) is 33.0 Å². The molecule has 0 amide bonds. The molecule has 0 aliphatic rings. The summed E-state index contributed by atoms with van der Waals surface area (Å²) in [7, 11) is 0. The summed E-state index contributed by atoms with van der Waals surface area (Å²) in [6, 6.07) is 17.6. The largest absolute Gasteiger partial charge is 0.206 e. The standard InChI is InChI=1S/C23H14F4/c1-13-2-8-19-16(10-13)7-9-18(22(19)26)15-5-3-14(4-6-15)17-11-20(24)23(27)21(25)12-17/h2-12H,1H3. The average Bonchev–Trinajstić information content (AvgIpc) is 2.66. The molecule has 0 aromatic heterocycles. The van der Waals surface area contributed by atoms with Gasteiger partial charge in [0, 0.05) is 10.9 Å². The van der Waals surface area contributed by atoms with Crippen molar-refractivity contribution in [1.82, 2.24) is 0 Å². The highest BCUT2D eigenvalue weighted by Crippen LogP contribution is 2.31. The SMILES string of the molecule is Cc1ccc2c(F)c(-c3ccc(-c4cc(F)c(F)c(F)c4)cc3)ccc2c1. The highest BCUT2D eigenvalue weighted by Gasteiger charge is 2.13. The molecule has 0 heterocycles. The second-order valence-corrected chi connectivity index (χ2v) is 6.48. The van der Waals surface area contributed by atoms with E-state index in [4.69, 9.17) is 0 Å². The summed E-state index contributed by atoms with van der Waals surface area (Å²) in [5, 5.41) is 1.36. The zero-order chi connectivity index (χ0) is 19.1. The van der Waals surface area contributed by atoms with Crippen molar-refractivity contribution in [2.75, 3.05) is 0 Å². The summed E-state index contributed by atoms with van der Waals surface area (Å²) in [6.45, 7) is 1.95. The van der Waals surface area contributed by atoms with Gasteiger partial charge in [0.15, 0.2) is 17.5 Å².